The standard InChI is InChI=1S/C27H34N6O3/c1-3-32-10-12-33(13-11-32)16-17-14-20(17)26(34)31-23-7-6-19-21(15-29-25(19)30-23)24-22(36-18-4-5-18)8-9-28-27(24)35-2/h6-9,15,17-18,20H,3-5,10-14,16H2,1-2H3,(H2,29,30,31,34). The number of H-pyrrole nitrogens is 1. The number of likely N-dealkylation sites (N-methyl/N-ethyl adjacent to an activating group) is 1. The van der Waals surface area contributed by atoms with Crippen LogP contribution < -0.4 is 14.8 Å². The van der Waals surface area contributed by atoms with Gasteiger partial charge in [0.05, 0.1) is 18.8 Å². The smallest absolute Gasteiger partial charge is 0.228 e. The topological polar surface area (TPSA) is 95.6 Å². The fraction of sp³-hybridized carbons (Fsp3) is 0.519. The molecule has 0 radical (unpaired) electrons. The van der Waals surface area contributed by atoms with Crippen LogP contribution >= 0.6 is 0 Å². The Morgan fingerprint density at radius 3 is 2.72 bits per heavy atom. The minimum atomic E-state index is 0.0693. The number of aromatic amines is 1. The van der Waals surface area contributed by atoms with Crippen LogP contribution in [0, 0.1) is 11.8 Å². The molecule has 3 fully saturated rings. The molecule has 2 N–H and O–H groups in total. The second-order valence-electron chi connectivity index (χ2n) is 10.1. The predicted octanol–water partition coefficient (Wildman–Crippen LogP) is 3.39. The number of anilines is 1. The van der Waals surface area contributed by atoms with Crippen molar-refractivity contribution in [1.82, 2.24) is 24.8 Å². The van der Waals surface area contributed by atoms with Gasteiger partial charge in [-0.1, -0.05) is 6.92 Å². The molecule has 3 aliphatic rings. The summed E-state index contributed by atoms with van der Waals surface area (Å²) in [5, 5.41) is 3.96. The zero-order valence-electron chi connectivity index (χ0n) is 21.0. The van der Waals surface area contributed by atoms with Gasteiger partial charge in [-0.15, -0.1) is 0 Å². The maximum absolute atomic E-state index is 12.9. The fourth-order valence-corrected chi connectivity index (χ4v) is 5.18. The Bertz CT molecular complexity index is 1250. The first-order chi connectivity index (χ1) is 17.6. The largest absolute Gasteiger partial charge is 0.490 e. The molecule has 0 spiro atoms. The number of hydrogen-bond acceptors (Lipinski definition) is 7. The quantitative estimate of drug-likeness (QED) is 0.475. The zero-order valence-corrected chi connectivity index (χ0v) is 21.0. The Morgan fingerprint density at radius 1 is 1.17 bits per heavy atom. The molecule has 36 heavy (non-hydrogen) atoms. The van der Waals surface area contributed by atoms with E-state index in [0.717, 1.165) is 80.8 Å². The Labute approximate surface area is 211 Å². The maximum atomic E-state index is 12.9. The molecule has 4 heterocycles. The van der Waals surface area contributed by atoms with Gasteiger partial charge in [0.2, 0.25) is 11.8 Å². The first-order valence-corrected chi connectivity index (χ1v) is 13.1. The van der Waals surface area contributed by atoms with Crippen molar-refractivity contribution in [2.45, 2.75) is 32.3 Å². The Morgan fingerprint density at radius 2 is 1.97 bits per heavy atom. The maximum Gasteiger partial charge on any atom is 0.228 e. The molecule has 0 aromatic carbocycles. The van der Waals surface area contributed by atoms with E-state index in [2.05, 4.69) is 37.0 Å². The van der Waals surface area contributed by atoms with Crippen LogP contribution in [0.3, 0.4) is 0 Å². The number of nitrogens with zero attached hydrogens (tertiary/aromatic N) is 4. The van der Waals surface area contributed by atoms with Crippen molar-refractivity contribution in [3.05, 3.63) is 30.6 Å². The molecule has 9 nitrogen and oxygen atoms in total. The van der Waals surface area contributed by atoms with E-state index in [9.17, 15) is 4.79 Å². The molecular formula is C27H34N6O3. The summed E-state index contributed by atoms with van der Waals surface area (Å²) in [6, 6.07) is 5.73. The van der Waals surface area contributed by atoms with E-state index < -0.39 is 0 Å². The predicted molar refractivity (Wildman–Crippen MR) is 138 cm³/mol. The highest BCUT2D eigenvalue weighted by atomic mass is 16.5. The molecule has 190 valence electrons. The van der Waals surface area contributed by atoms with Gasteiger partial charge in [0.25, 0.3) is 0 Å². The van der Waals surface area contributed by atoms with Crippen molar-refractivity contribution < 1.29 is 14.3 Å². The van der Waals surface area contributed by atoms with Crippen LogP contribution in [-0.2, 0) is 4.79 Å². The van der Waals surface area contributed by atoms with Crippen LogP contribution in [-0.4, -0.2) is 83.1 Å². The van der Waals surface area contributed by atoms with Crippen LogP contribution in [0.1, 0.15) is 26.2 Å². The minimum absolute atomic E-state index is 0.0693. The van der Waals surface area contributed by atoms with Crippen LogP contribution in [0.15, 0.2) is 30.6 Å². The highest BCUT2D eigenvalue weighted by molar-refractivity contribution is 5.99. The lowest BCUT2D eigenvalue weighted by atomic mass is 10.1. The van der Waals surface area contributed by atoms with Gasteiger partial charge >= 0.3 is 0 Å². The number of nitrogens with one attached hydrogen (secondary N) is 2. The van der Waals surface area contributed by atoms with Gasteiger partial charge in [0.1, 0.15) is 17.2 Å². The molecule has 1 amide bonds. The molecule has 6 rings (SSSR count). The Kier molecular flexibility index (Phi) is 6.27. The summed E-state index contributed by atoms with van der Waals surface area (Å²) in [6.45, 7) is 8.80. The SMILES string of the molecule is CCN1CCN(CC2CC2C(=O)Nc2ccc3c(-c4c(OC5CC5)ccnc4OC)c[nH]c3n2)CC1. The van der Waals surface area contributed by atoms with Crippen molar-refractivity contribution >= 4 is 22.8 Å². The number of hydrogen-bond donors (Lipinski definition) is 2. The number of fused-ring (bicyclic) bond motifs is 1. The Balaban J connectivity index is 1.13. The van der Waals surface area contributed by atoms with E-state index in [4.69, 9.17) is 9.47 Å². The van der Waals surface area contributed by atoms with Gasteiger partial charge in [0.15, 0.2) is 0 Å². The number of methoxy groups -OCH3 is 1. The lowest BCUT2D eigenvalue weighted by molar-refractivity contribution is -0.117. The molecule has 2 atom stereocenters. The molecule has 2 unspecified atom stereocenters. The first kappa shape index (κ1) is 23.2. The van der Waals surface area contributed by atoms with Crippen LogP contribution in [0.25, 0.3) is 22.2 Å². The number of carbonyl (C=O) groups excluding carboxylic acids is 1. The van der Waals surface area contributed by atoms with Crippen LogP contribution in [0.4, 0.5) is 5.82 Å². The monoisotopic (exact) mass is 490 g/mol. The van der Waals surface area contributed by atoms with E-state index in [1.165, 1.54) is 0 Å². The van der Waals surface area contributed by atoms with E-state index in [-0.39, 0.29) is 17.9 Å². The minimum Gasteiger partial charge on any atom is -0.490 e. The summed E-state index contributed by atoms with van der Waals surface area (Å²) in [6.07, 6.45) is 6.96. The van der Waals surface area contributed by atoms with Gasteiger partial charge in [0, 0.05) is 62.0 Å². The summed E-state index contributed by atoms with van der Waals surface area (Å²) in [5.74, 6) is 2.44. The third-order valence-electron chi connectivity index (χ3n) is 7.61. The molecule has 9 heteroatoms. The van der Waals surface area contributed by atoms with E-state index in [1.807, 2.05) is 24.4 Å². The van der Waals surface area contributed by atoms with Gasteiger partial charge in [-0.3, -0.25) is 4.79 Å². The van der Waals surface area contributed by atoms with Crippen LogP contribution in [0.5, 0.6) is 11.6 Å². The lowest BCUT2D eigenvalue weighted by Crippen LogP contribution is -2.46. The summed E-state index contributed by atoms with van der Waals surface area (Å²) in [7, 11) is 1.61. The van der Waals surface area contributed by atoms with Gasteiger partial charge in [-0.05, 0) is 49.9 Å². The van der Waals surface area contributed by atoms with Gasteiger partial charge in [-0.25, -0.2) is 9.97 Å². The lowest BCUT2D eigenvalue weighted by Gasteiger charge is -2.34. The number of ether oxygens (including phenoxy) is 2. The summed E-state index contributed by atoms with van der Waals surface area (Å²) in [4.78, 5) is 30.2. The van der Waals surface area contributed by atoms with Gasteiger partial charge in [-0.2, -0.15) is 0 Å². The Hall–Kier alpha value is -3.17. The molecular weight excluding hydrogens is 456 g/mol. The highest BCUT2D eigenvalue weighted by Crippen LogP contribution is 2.43. The second-order valence-corrected chi connectivity index (χ2v) is 10.1. The third kappa shape index (κ3) is 4.77. The van der Waals surface area contributed by atoms with Crippen LogP contribution in [0.2, 0.25) is 0 Å². The van der Waals surface area contributed by atoms with E-state index in [1.54, 1.807) is 13.3 Å². The summed E-state index contributed by atoms with van der Waals surface area (Å²) in [5.41, 5.74) is 2.44. The highest BCUT2D eigenvalue weighted by Gasteiger charge is 2.44. The van der Waals surface area contributed by atoms with Crippen molar-refractivity contribution in [1.29, 1.82) is 0 Å². The average Bonchev–Trinajstić information content (AvgIpc) is 3.83. The first-order valence-electron chi connectivity index (χ1n) is 13.1. The second kappa shape index (κ2) is 9.71. The fourth-order valence-electron chi connectivity index (χ4n) is 5.18. The van der Waals surface area contributed by atoms with Crippen molar-refractivity contribution in [3.8, 4) is 22.8 Å². The number of rotatable bonds is 9. The molecule has 3 aromatic heterocycles. The van der Waals surface area contributed by atoms with E-state index in [0.29, 0.717) is 23.3 Å². The van der Waals surface area contributed by atoms with Crippen molar-refractivity contribution in [3.63, 3.8) is 0 Å². The zero-order chi connectivity index (χ0) is 24.6. The summed E-state index contributed by atoms with van der Waals surface area (Å²) < 4.78 is 11.7. The molecule has 0 bridgehead atoms. The average molecular weight is 491 g/mol. The molecule has 1 aliphatic heterocycles. The number of piperazine rings is 1. The summed E-state index contributed by atoms with van der Waals surface area (Å²) >= 11 is 0. The van der Waals surface area contributed by atoms with E-state index >= 15 is 0 Å². The third-order valence-corrected chi connectivity index (χ3v) is 7.61. The number of amides is 1. The molecule has 3 aromatic rings. The van der Waals surface area contributed by atoms with Gasteiger partial charge < -0.3 is 29.6 Å². The molecule has 2 saturated carbocycles. The number of carbonyl (C=O) groups is 1. The van der Waals surface area contributed by atoms with Crippen molar-refractivity contribution in [2.24, 2.45) is 11.8 Å². The van der Waals surface area contributed by atoms with Crippen molar-refractivity contribution in [2.75, 3.05) is 51.7 Å². The molecule has 2 aliphatic carbocycles. The number of aromatic nitrogens is 3. The number of pyridine rings is 2. The molecule has 1 saturated heterocycles. The normalized spacial score (nSPS) is 22.5.